The molecular weight excluding hydrogens is 260 g/mol. The molecule has 0 saturated heterocycles. The molecule has 1 aromatic heterocycles. The number of nitro groups is 1. The average Bonchev–Trinajstić information content (AvgIpc) is 2.70. The van der Waals surface area contributed by atoms with Gasteiger partial charge in [-0.2, -0.15) is 5.10 Å². The predicted molar refractivity (Wildman–Crippen MR) is 73.8 cm³/mol. The van der Waals surface area contributed by atoms with Gasteiger partial charge in [0.15, 0.2) is 0 Å². The van der Waals surface area contributed by atoms with Crippen LogP contribution in [0.4, 0.5) is 11.4 Å². The second kappa shape index (κ2) is 5.12. The smallest absolute Gasteiger partial charge is 0.273 e. The summed E-state index contributed by atoms with van der Waals surface area (Å²) in [6.07, 6.45) is 0. The maximum absolute atomic E-state index is 12.1. The van der Waals surface area contributed by atoms with Crippen molar-refractivity contribution in [3.05, 3.63) is 50.8 Å². The second-order valence-electron chi connectivity index (χ2n) is 4.52. The van der Waals surface area contributed by atoms with Crippen molar-refractivity contribution in [2.75, 3.05) is 5.32 Å². The van der Waals surface area contributed by atoms with Gasteiger partial charge in [-0.05, 0) is 26.8 Å². The molecule has 0 aliphatic rings. The van der Waals surface area contributed by atoms with E-state index in [1.165, 1.54) is 6.07 Å². The molecule has 0 bridgehead atoms. The highest BCUT2D eigenvalue weighted by Crippen LogP contribution is 2.21. The maximum Gasteiger partial charge on any atom is 0.273 e. The lowest BCUT2D eigenvalue weighted by molar-refractivity contribution is -0.385. The van der Waals surface area contributed by atoms with Crippen molar-refractivity contribution in [3.63, 3.8) is 0 Å². The van der Waals surface area contributed by atoms with Crippen molar-refractivity contribution in [1.29, 1.82) is 0 Å². The summed E-state index contributed by atoms with van der Waals surface area (Å²) >= 11 is 0. The normalized spacial score (nSPS) is 10.3. The summed E-state index contributed by atoms with van der Waals surface area (Å²) in [7, 11) is 0. The molecule has 0 radical (unpaired) electrons. The highest BCUT2D eigenvalue weighted by atomic mass is 16.6. The molecule has 0 unspecified atom stereocenters. The van der Waals surface area contributed by atoms with E-state index in [1.54, 1.807) is 32.9 Å². The Kier molecular flexibility index (Phi) is 3.51. The number of anilines is 1. The highest BCUT2D eigenvalue weighted by Gasteiger charge is 2.16. The van der Waals surface area contributed by atoms with Crippen LogP contribution in [-0.2, 0) is 0 Å². The van der Waals surface area contributed by atoms with Gasteiger partial charge >= 0.3 is 0 Å². The summed E-state index contributed by atoms with van der Waals surface area (Å²) in [6.45, 7) is 5.17. The fourth-order valence-electron chi connectivity index (χ4n) is 1.87. The number of nitrogens with one attached hydrogen (secondary N) is 2. The van der Waals surface area contributed by atoms with Gasteiger partial charge in [-0.15, -0.1) is 0 Å². The molecule has 1 aromatic carbocycles. The molecular formula is C13H14N4O3. The Balaban J connectivity index is 2.30. The number of carbonyl (C=O) groups excluding carboxylic acids is 1. The number of rotatable bonds is 3. The first-order valence-electron chi connectivity index (χ1n) is 5.98. The molecule has 0 fully saturated rings. The predicted octanol–water partition coefficient (Wildman–Crippen LogP) is 2.50. The van der Waals surface area contributed by atoms with Crippen LogP contribution in [0.1, 0.15) is 27.3 Å². The minimum Gasteiger partial charge on any atom is -0.319 e. The van der Waals surface area contributed by atoms with Gasteiger partial charge in [-0.25, -0.2) is 0 Å². The number of nitrogens with zero attached hydrogens (tertiary/aromatic N) is 2. The van der Waals surface area contributed by atoms with Gasteiger partial charge in [0, 0.05) is 17.2 Å². The van der Waals surface area contributed by atoms with Crippen molar-refractivity contribution in [3.8, 4) is 0 Å². The van der Waals surface area contributed by atoms with Gasteiger partial charge < -0.3 is 5.32 Å². The van der Waals surface area contributed by atoms with Crippen LogP contribution in [0.2, 0.25) is 0 Å². The zero-order valence-corrected chi connectivity index (χ0v) is 11.4. The quantitative estimate of drug-likeness (QED) is 0.663. The number of nitro benzene ring substituents is 1. The minimum absolute atomic E-state index is 0.0710. The van der Waals surface area contributed by atoms with Gasteiger partial charge in [0.1, 0.15) is 0 Å². The fraction of sp³-hybridized carbons (Fsp3) is 0.231. The molecule has 0 aliphatic heterocycles. The molecule has 0 aliphatic carbocycles. The Morgan fingerprint density at radius 3 is 2.60 bits per heavy atom. The fourth-order valence-corrected chi connectivity index (χ4v) is 1.87. The molecule has 2 N–H and O–H groups in total. The first-order valence-corrected chi connectivity index (χ1v) is 5.98. The molecule has 2 rings (SSSR count). The number of amides is 1. The number of aryl methyl sites for hydroxylation is 3. The van der Waals surface area contributed by atoms with Gasteiger partial charge in [-0.1, -0.05) is 6.07 Å². The lowest BCUT2D eigenvalue weighted by Gasteiger charge is -2.06. The van der Waals surface area contributed by atoms with Crippen molar-refractivity contribution in [2.24, 2.45) is 0 Å². The minimum atomic E-state index is -0.500. The summed E-state index contributed by atoms with van der Waals surface area (Å²) in [5, 5.41) is 20.3. The van der Waals surface area contributed by atoms with Crippen LogP contribution in [0.5, 0.6) is 0 Å². The number of benzene rings is 1. The van der Waals surface area contributed by atoms with Crippen LogP contribution in [0, 0.1) is 30.9 Å². The summed E-state index contributed by atoms with van der Waals surface area (Å²) < 4.78 is 0. The molecule has 1 heterocycles. The van der Waals surface area contributed by atoms with Crippen molar-refractivity contribution in [2.45, 2.75) is 20.8 Å². The van der Waals surface area contributed by atoms with Crippen LogP contribution in [0.3, 0.4) is 0 Å². The third kappa shape index (κ3) is 2.51. The SMILES string of the molecule is Cc1ccc(C(=O)Nc2c(C)n[nH]c2C)cc1[N+](=O)[O-]. The first kappa shape index (κ1) is 13.7. The summed E-state index contributed by atoms with van der Waals surface area (Å²) in [4.78, 5) is 22.5. The summed E-state index contributed by atoms with van der Waals surface area (Å²) in [6, 6.07) is 4.39. The van der Waals surface area contributed by atoms with Crippen molar-refractivity contribution < 1.29 is 9.72 Å². The Hall–Kier alpha value is -2.70. The lowest BCUT2D eigenvalue weighted by atomic mass is 10.1. The van der Waals surface area contributed by atoms with E-state index in [1.807, 2.05) is 0 Å². The van der Waals surface area contributed by atoms with E-state index in [9.17, 15) is 14.9 Å². The third-order valence-corrected chi connectivity index (χ3v) is 3.03. The van der Waals surface area contributed by atoms with Crippen LogP contribution >= 0.6 is 0 Å². The molecule has 0 spiro atoms. The highest BCUT2D eigenvalue weighted by molar-refractivity contribution is 6.05. The average molecular weight is 274 g/mol. The van der Waals surface area contributed by atoms with E-state index in [2.05, 4.69) is 15.5 Å². The van der Waals surface area contributed by atoms with Gasteiger partial charge in [-0.3, -0.25) is 20.0 Å². The second-order valence-corrected chi connectivity index (χ2v) is 4.52. The number of aromatic nitrogens is 2. The van der Waals surface area contributed by atoms with E-state index in [0.717, 1.165) is 5.69 Å². The van der Waals surface area contributed by atoms with Gasteiger partial charge in [0.05, 0.1) is 22.0 Å². The number of carbonyl (C=O) groups is 1. The largest absolute Gasteiger partial charge is 0.319 e. The Morgan fingerprint density at radius 2 is 2.05 bits per heavy atom. The van der Waals surface area contributed by atoms with E-state index in [-0.39, 0.29) is 11.3 Å². The standard InChI is InChI=1S/C13H14N4O3/c1-7-4-5-10(6-11(7)17(19)20)13(18)14-12-8(2)15-16-9(12)3/h4-6H,1-3H3,(H,14,18)(H,15,16). The van der Waals surface area contributed by atoms with E-state index >= 15 is 0 Å². The summed E-state index contributed by atoms with van der Waals surface area (Å²) in [5.41, 5.74) is 2.68. The number of hydrogen-bond acceptors (Lipinski definition) is 4. The Bertz CT molecular complexity index is 671. The molecule has 7 nitrogen and oxygen atoms in total. The van der Waals surface area contributed by atoms with Crippen LogP contribution in [0.25, 0.3) is 0 Å². The molecule has 7 heteroatoms. The first-order chi connectivity index (χ1) is 9.40. The Morgan fingerprint density at radius 1 is 1.35 bits per heavy atom. The third-order valence-electron chi connectivity index (χ3n) is 3.03. The summed E-state index contributed by atoms with van der Waals surface area (Å²) in [5.74, 6) is -0.402. The zero-order chi connectivity index (χ0) is 14.9. The topological polar surface area (TPSA) is 101 Å². The van der Waals surface area contributed by atoms with Crippen LogP contribution < -0.4 is 5.32 Å². The molecule has 104 valence electrons. The van der Waals surface area contributed by atoms with E-state index in [0.29, 0.717) is 16.9 Å². The molecule has 0 atom stereocenters. The van der Waals surface area contributed by atoms with Gasteiger partial charge in [0.2, 0.25) is 0 Å². The van der Waals surface area contributed by atoms with Crippen molar-refractivity contribution >= 4 is 17.3 Å². The zero-order valence-electron chi connectivity index (χ0n) is 11.4. The number of hydrogen-bond donors (Lipinski definition) is 2. The van der Waals surface area contributed by atoms with Crippen molar-refractivity contribution in [1.82, 2.24) is 10.2 Å². The number of H-pyrrole nitrogens is 1. The van der Waals surface area contributed by atoms with Crippen LogP contribution in [0.15, 0.2) is 18.2 Å². The monoisotopic (exact) mass is 274 g/mol. The van der Waals surface area contributed by atoms with E-state index < -0.39 is 10.8 Å². The van der Waals surface area contributed by atoms with Crippen LogP contribution in [-0.4, -0.2) is 21.0 Å². The molecule has 20 heavy (non-hydrogen) atoms. The molecule has 0 saturated carbocycles. The van der Waals surface area contributed by atoms with Gasteiger partial charge in [0.25, 0.3) is 11.6 Å². The lowest BCUT2D eigenvalue weighted by Crippen LogP contribution is -2.13. The Labute approximate surface area is 115 Å². The van der Waals surface area contributed by atoms with E-state index in [4.69, 9.17) is 0 Å². The maximum atomic E-state index is 12.1. The number of aromatic amines is 1. The molecule has 1 amide bonds. The molecule has 2 aromatic rings.